The van der Waals surface area contributed by atoms with Crippen LogP contribution in [0.3, 0.4) is 0 Å². The first-order chi connectivity index (χ1) is 15.5. The Morgan fingerprint density at radius 3 is 2.50 bits per heavy atom. The molecule has 0 aromatic heterocycles. The largest absolute Gasteiger partial charge is 0.494 e. The van der Waals surface area contributed by atoms with Gasteiger partial charge in [0.15, 0.2) is 11.5 Å². The van der Waals surface area contributed by atoms with Crippen LogP contribution in [0.25, 0.3) is 11.6 Å². The number of carbonyl (C=O) groups excluding carboxylic acids is 1. The van der Waals surface area contributed by atoms with Gasteiger partial charge in [0.05, 0.1) is 31.8 Å². The van der Waals surface area contributed by atoms with E-state index in [1.54, 1.807) is 42.5 Å². The molecule has 0 spiro atoms. The van der Waals surface area contributed by atoms with Crippen molar-refractivity contribution in [3.8, 4) is 23.3 Å². The monoisotopic (exact) mass is 447 g/mol. The number of nitriles is 1. The van der Waals surface area contributed by atoms with Crippen LogP contribution in [0.15, 0.2) is 66.7 Å². The van der Waals surface area contributed by atoms with Crippen molar-refractivity contribution in [2.24, 2.45) is 0 Å². The summed E-state index contributed by atoms with van der Waals surface area (Å²) in [5, 5.41) is 10.1. The second kappa shape index (κ2) is 11.0. The maximum atomic E-state index is 12.4. The Hall–Kier alpha value is -3.75. The van der Waals surface area contributed by atoms with E-state index in [0.29, 0.717) is 34.3 Å². The molecule has 0 N–H and O–H groups in total. The minimum Gasteiger partial charge on any atom is -0.494 e. The van der Waals surface area contributed by atoms with Gasteiger partial charge in [0.2, 0.25) is 0 Å². The summed E-state index contributed by atoms with van der Waals surface area (Å²) in [6, 6.07) is 21.7. The molecule has 0 aliphatic rings. The number of benzene rings is 3. The number of methoxy groups -OCH3 is 1. The fourth-order valence-corrected chi connectivity index (χ4v) is 3.25. The van der Waals surface area contributed by atoms with Gasteiger partial charge in [-0.15, -0.1) is 0 Å². The summed E-state index contributed by atoms with van der Waals surface area (Å²) in [5.41, 5.74) is 2.71. The molecule has 3 aromatic rings. The van der Waals surface area contributed by atoms with Crippen LogP contribution < -0.4 is 14.2 Å². The predicted octanol–water partition coefficient (Wildman–Crippen LogP) is 5.96. The van der Waals surface area contributed by atoms with Crippen LogP contribution in [-0.4, -0.2) is 19.7 Å². The predicted molar refractivity (Wildman–Crippen MR) is 125 cm³/mol. The molecule has 0 radical (unpaired) electrons. The molecule has 3 rings (SSSR count). The lowest BCUT2D eigenvalue weighted by Gasteiger charge is -2.11. The zero-order chi connectivity index (χ0) is 22.9. The normalized spacial score (nSPS) is 10.9. The first-order valence-electron chi connectivity index (χ1n) is 10.0. The zero-order valence-electron chi connectivity index (χ0n) is 17.8. The van der Waals surface area contributed by atoms with Gasteiger partial charge in [-0.05, 0) is 66.1 Å². The Bertz CT molecular complexity index is 1160. The maximum Gasteiger partial charge on any atom is 0.315 e. The highest BCUT2D eigenvalue weighted by Crippen LogP contribution is 2.30. The van der Waals surface area contributed by atoms with E-state index in [4.69, 9.17) is 25.8 Å². The first-order valence-corrected chi connectivity index (χ1v) is 10.4. The van der Waals surface area contributed by atoms with Crippen LogP contribution in [-0.2, 0) is 11.2 Å². The summed E-state index contributed by atoms with van der Waals surface area (Å²) in [6.45, 7) is 2.50. The smallest absolute Gasteiger partial charge is 0.315 e. The molecule has 0 aliphatic carbocycles. The molecule has 32 heavy (non-hydrogen) atoms. The van der Waals surface area contributed by atoms with Crippen molar-refractivity contribution in [2.75, 3.05) is 13.7 Å². The second-order valence-electron chi connectivity index (χ2n) is 6.82. The van der Waals surface area contributed by atoms with Gasteiger partial charge in [0.25, 0.3) is 0 Å². The zero-order valence-corrected chi connectivity index (χ0v) is 18.6. The van der Waals surface area contributed by atoms with Crippen molar-refractivity contribution < 1.29 is 19.0 Å². The molecule has 0 atom stereocenters. The van der Waals surface area contributed by atoms with Gasteiger partial charge in [-0.25, -0.2) is 0 Å². The summed E-state index contributed by atoms with van der Waals surface area (Å²) in [5.74, 6) is 1.04. The topological polar surface area (TPSA) is 68.5 Å². The highest BCUT2D eigenvalue weighted by molar-refractivity contribution is 6.30. The SMILES string of the molecule is CCOc1ccc(CC(=O)Oc2ccc(/C=C(/C#N)c3cccc(Cl)c3)cc2OC)cc1. The van der Waals surface area contributed by atoms with Gasteiger partial charge < -0.3 is 14.2 Å². The van der Waals surface area contributed by atoms with E-state index in [-0.39, 0.29) is 6.42 Å². The van der Waals surface area contributed by atoms with E-state index >= 15 is 0 Å². The van der Waals surface area contributed by atoms with Crippen LogP contribution in [0.2, 0.25) is 5.02 Å². The molecule has 0 heterocycles. The molecule has 0 fully saturated rings. The van der Waals surface area contributed by atoms with E-state index in [2.05, 4.69) is 6.07 Å². The van der Waals surface area contributed by atoms with Gasteiger partial charge in [0.1, 0.15) is 5.75 Å². The van der Waals surface area contributed by atoms with Gasteiger partial charge >= 0.3 is 5.97 Å². The third kappa shape index (κ3) is 6.13. The van der Waals surface area contributed by atoms with Crippen LogP contribution in [0, 0.1) is 11.3 Å². The maximum absolute atomic E-state index is 12.4. The third-order valence-corrected chi connectivity index (χ3v) is 4.80. The summed E-state index contributed by atoms with van der Waals surface area (Å²) in [4.78, 5) is 12.4. The lowest BCUT2D eigenvalue weighted by molar-refractivity contribution is -0.133. The van der Waals surface area contributed by atoms with Crippen molar-refractivity contribution in [1.29, 1.82) is 5.26 Å². The van der Waals surface area contributed by atoms with Gasteiger partial charge in [-0.1, -0.05) is 41.9 Å². The molecule has 0 unspecified atom stereocenters. The van der Waals surface area contributed by atoms with E-state index < -0.39 is 5.97 Å². The first kappa shape index (κ1) is 22.9. The molecule has 162 valence electrons. The number of halogens is 1. The fourth-order valence-electron chi connectivity index (χ4n) is 3.06. The summed E-state index contributed by atoms with van der Waals surface area (Å²) in [7, 11) is 1.49. The summed E-state index contributed by atoms with van der Waals surface area (Å²) in [6.07, 6.45) is 1.84. The Balaban J connectivity index is 1.74. The number of allylic oxidation sites excluding steroid dienone is 1. The van der Waals surface area contributed by atoms with E-state index in [0.717, 1.165) is 16.9 Å². The van der Waals surface area contributed by atoms with Crippen molar-refractivity contribution in [2.45, 2.75) is 13.3 Å². The standard InChI is InChI=1S/C26H22ClNO4/c1-3-31-23-10-7-18(8-11-23)15-26(29)32-24-12-9-19(14-25(24)30-2)13-21(17-28)20-5-4-6-22(27)16-20/h4-14,16H,3,15H2,1-2H3/b21-13-. The highest BCUT2D eigenvalue weighted by atomic mass is 35.5. The second-order valence-corrected chi connectivity index (χ2v) is 7.25. The number of nitrogens with zero attached hydrogens (tertiary/aromatic N) is 1. The Morgan fingerprint density at radius 1 is 1.06 bits per heavy atom. The van der Waals surface area contributed by atoms with Crippen LogP contribution in [0.1, 0.15) is 23.6 Å². The average molecular weight is 448 g/mol. The molecule has 6 heteroatoms. The molecular formula is C26H22ClNO4. The van der Waals surface area contributed by atoms with Crippen molar-refractivity contribution in [3.63, 3.8) is 0 Å². The number of hydrogen-bond acceptors (Lipinski definition) is 5. The Morgan fingerprint density at radius 2 is 1.84 bits per heavy atom. The average Bonchev–Trinajstić information content (AvgIpc) is 2.79. The third-order valence-electron chi connectivity index (χ3n) is 4.56. The number of rotatable bonds is 8. The molecule has 0 aliphatic heterocycles. The lowest BCUT2D eigenvalue weighted by atomic mass is 10.0. The molecule has 0 amide bonds. The van der Waals surface area contributed by atoms with Crippen molar-refractivity contribution >= 4 is 29.2 Å². The minimum absolute atomic E-state index is 0.116. The highest BCUT2D eigenvalue weighted by Gasteiger charge is 2.12. The van der Waals surface area contributed by atoms with Crippen LogP contribution in [0.5, 0.6) is 17.2 Å². The van der Waals surface area contributed by atoms with Crippen molar-refractivity contribution in [1.82, 2.24) is 0 Å². The molecule has 0 saturated heterocycles. The van der Waals surface area contributed by atoms with E-state index in [9.17, 15) is 10.1 Å². The number of hydrogen-bond donors (Lipinski definition) is 0. The quantitative estimate of drug-likeness (QED) is 0.184. The molecule has 0 saturated carbocycles. The number of esters is 1. The lowest BCUT2D eigenvalue weighted by Crippen LogP contribution is -2.12. The van der Waals surface area contributed by atoms with Crippen LogP contribution in [0.4, 0.5) is 0 Å². The van der Waals surface area contributed by atoms with Gasteiger partial charge in [0, 0.05) is 5.02 Å². The van der Waals surface area contributed by atoms with E-state index in [1.807, 2.05) is 37.3 Å². The van der Waals surface area contributed by atoms with Gasteiger partial charge in [-0.3, -0.25) is 4.79 Å². The number of carbonyl (C=O) groups is 1. The fraction of sp³-hybridized carbons (Fsp3) is 0.154. The summed E-state index contributed by atoms with van der Waals surface area (Å²) >= 11 is 6.03. The molecule has 0 bridgehead atoms. The van der Waals surface area contributed by atoms with Crippen molar-refractivity contribution in [3.05, 3.63) is 88.4 Å². The van der Waals surface area contributed by atoms with Crippen LogP contribution >= 0.6 is 11.6 Å². The Labute approximate surface area is 192 Å². The summed E-state index contributed by atoms with van der Waals surface area (Å²) < 4.78 is 16.3. The van der Waals surface area contributed by atoms with E-state index in [1.165, 1.54) is 7.11 Å². The molecule has 3 aromatic carbocycles. The van der Waals surface area contributed by atoms with Gasteiger partial charge in [-0.2, -0.15) is 5.26 Å². The Kier molecular flexibility index (Phi) is 7.91. The molecular weight excluding hydrogens is 426 g/mol. The number of ether oxygens (including phenoxy) is 3. The molecule has 5 nitrogen and oxygen atoms in total. The minimum atomic E-state index is -0.410.